The number of rotatable bonds is 1. The summed E-state index contributed by atoms with van der Waals surface area (Å²) in [5.74, 6) is 0.113. The third kappa shape index (κ3) is 1.64. The summed E-state index contributed by atoms with van der Waals surface area (Å²) in [5, 5.41) is 1.58. The van der Waals surface area contributed by atoms with E-state index in [1.165, 1.54) is 0 Å². The molecule has 92 valence electrons. The van der Waals surface area contributed by atoms with Gasteiger partial charge in [0.05, 0.1) is 5.52 Å². The Kier molecular flexibility index (Phi) is 2.63. The van der Waals surface area contributed by atoms with Crippen LogP contribution in [-0.2, 0) is 12.8 Å². The minimum absolute atomic E-state index is 0.113. The number of pyridine rings is 1. The Morgan fingerprint density at radius 3 is 2.83 bits per heavy atom. The molecule has 0 N–H and O–H groups in total. The molecular weight excluding hydrogens is 246 g/mol. The molecule has 0 saturated carbocycles. The molecule has 0 spiro atoms. The highest BCUT2D eigenvalue weighted by molar-refractivity contribution is 6.31. The van der Waals surface area contributed by atoms with Crippen LogP contribution in [0, 0.1) is 6.92 Å². The molecule has 18 heavy (non-hydrogen) atoms. The topological polar surface area (TPSA) is 30.0 Å². The zero-order valence-corrected chi connectivity index (χ0v) is 11.3. The van der Waals surface area contributed by atoms with Crippen molar-refractivity contribution in [3.05, 3.63) is 39.5 Å². The van der Waals surface area contributed by atoms with E-state index in [9.17, 15) is 4.79 Å². The Labute approximate surface area is 111 Å². The summed E-state index contributed by atoms with van der Waals surface area (Å²) >= 11 is 6.11. The van der Waals surface area contributed by atoms with Gasteiger partial charge >= 0.3 is 0 Å². The third-order valence-corrected chi connectivity index (χ3v) is 3.84. The molecule has 0 unspecified atom stereocenters. The number of nitrogens with zero attached hydrogens (tertiary/aromatic N) is 1. The maximum atomic E-state index is 12.0. The lowest BCUT2D eigenvalue weighted by atomic mass is 9.97. The fraction of sp³-hybridized carbons (Fsp3) is 0.333. The number of carbonyl (C=O) groups is 1. The van der Waals surface area contributed by atoms with Crippen LogP contribution in [-0.4, -0.2) is 10.8 Å². The second-order valence-corrected chi connectivity index (χ2v) is 5.38. The fourth-order valence-corrected chi connectivity index (χ4v) is 3.17. The van der Waals surface area contributed by atoms with E-state index in [0.29, 0.717) is 5.02 Å². The first-order valence-electron chi connectivity index (χ1n) is 6.20. The van der Waals surface area contributed by atoms with Gasteiger partial charge in [-0.2, -0.15) is 0 Å². The molecule has 1 aromatic heterocycles. The van der Waals surface area contributed by atoms with E-state index < -0.39 is 0 Å². The van der Waals surface area contributed by atoms with E-state index in [2.05, 4.69) is 0 Å². The van der Waals surface area contributed by atoms with Gasteiger partial charge in [0, 0.05) is 21.7 Å². The van der Waals surface area contributed by atoms with E-state index in [1.807, 2.05) is 19.1 Å². The SMILES string of the molecule is CC(=O)c1c2c(nc3c(C)cc(Cl)cc13)CCC2. The molecule has 3 rings (SSSR count). The van der Waals surface area contributed by atoms with Crippen LogP contribution in [0.2, 0.25) is 5.02 Å². The molecule has 0 fully saturated rings. The van der Waals surface area contributed by atoms with Crippen LogP contribution in [0.15, 0.2) is 12.1 Å². The number of halogens is 1. The van der Waals surface area contributed by atoms with Crippen LogP contribution in [0.4, 0.5) is 0 Å². The van der Waals surface area contributed by atoms with Gasteiger partial charge in [-0.15, -0.1) is 0 Å². The molecule has 0 radical (unpaired) electrons. The van der Waals surface area contributed by atoms with Gasteiger partial charge in [0.15, 0.2) is 5.78 Å². The number of fused-ring (bicyclic) bond motifs is 2. The summed E-state index contributed by atoms with van der Waals surface area (Å²) in [7, 11) is 0. The van der Waals surface area contributed by atoms with Crippen molar-refractivity contribution in [3.8, 4) is 0 Å². The average molecular weight is 260 g/mol. The van der Waals surface area contributed by atoms with Crippen molar-refractivity contribution in [2.45, 2.75) is 33.1 Å². The molecule has 2 nitrogen and oxygen atoms in total. The van der Waals surface area contributed by atoms with E-state index in [4.69, 9.17) is 16.6 Å². The van der Waals surface area contributed by atoms with Crippen LogP contribution in [0.1, 0.15) is 40.5 Å². The summed E-state index contributed by atoms with van der Waals surface area (Å²) in [4.78, 5) is 16.7. The molecule has 1 aliphatic rings. The monoisotopic (exact) mass is 259 g/mol. The number of Topliss-reactive ketones (excluding diaryl/α,β-unsaturated/α-hetero) is 1. The Hall–Kier alpha value is -1.41. The average Bonchev–Trinajstić information content (AvgIpc) is 2.73. The van der Waals surface area contributed by atoms with Gasteiger partial charge in [-0.25, -0.2) is 0 Å². The maximum Gasteiger partial charge on any atom is 0.160 e. The maximum absolute atomic E-state index is 12.0. The number of hydrogen-bond donors (Lipinski definition) is 0. The number of aromatic nitrogens is 1. The van der Waals surface area contributed by atoms with Crippen LogP contribution in [0.25, 0.3) is 10.9 Å². The van der Waals surface area contributed by atoms with Crippen LogP contribution >= 0.6 is 11.6 Å². The lowest BCUT2D eigenvalue weighted by Gasteiger charge is -2.12. The lowest BCUT2D eigenvalue weighted by Crippen LogP contribution is -2.04. The number of hydrogen-bond acceptors (Lipinski definition) is 2. The van der Waals surface area contributed by atoms with Crippen LogP contribution in [0.3, 0.4) is 0 Å². The van der Waals surface area contributed by atoms with E-state index >= 15 is 0 Å². The van der Waals surface area contributed by atoms with E-state index in [0.717, 1.165) is 52.5 Å². The second kappa shape index (κ2) is 4.06. The molecule has 0 atom stereocenters. The van der Waals surface area contributed by atoms with Gasteiger partial charge in [-0.3, -0.25) is 9.78 Å². The molecule has 1 heterocycles. The van der Waals surface area contributed by atoms with Crippen molar-refractivity contribution in [2.24, 2.45) is 0 Å². The zero-order valence-electron chi connectivity index (χ0n) is 10.5. The normalized spacial score (nSPS) is 13.9. The number of aryl methyl sites for hydroxylation is 2. The second-order valence-electron chi connectivity index (χ2n) is 4.94. The highest BCUT2D eigenvalue weighted by Crippen LogP contribution is 2.33. The molecule has 0 bridgehead atoms. The quantitative estimate of drug-likeness (QED) is 0.728. The van der Waals surface area contributed by atoms with Crippen molar-refractivity contribution in [1.29, 1.82) is 0 Å². The van der Waals surface area contributed by atoms with Gasteiger partial charge in [-0.1, -0.05) is 11.6 Å². The summed E-state index contributed by atoms with van der Waals surface area (Å²) in [6.45, 7) is 3.62. The summed E-state index contributed by atoms with van der Waals surface area (Å²) < 4.78 is 0. The molecule has 2 aromatic rings. The van der Waals surface area contributed by atoms with Gasteiger partial charge < -0.3 is 0 Å². The van der Waals surface area contributed by atoms with Gasteiger partial charge in [-0.05, 0) is 56.4 Å². The predicted octanol–water partition coefficient (Wildman–Crippen LogP) is 3.89. The molecule has 0 amide bonds. The smallest absolute Gasteiger partial charge is 0.160 e. The lowest BCUT2D eigenvalue weighted by molar-refractivity contribution is 0.101. The summed E-state index contributed by atoms with van der Waals surface area (Å²) in [6.07, 6.45) is 3.03. The minimum Gasteiger partial charge on any atom is -0.294 e. The van der Waals surface area contributed by atoms with Gasteiger partial charge in [0.2, 0.25) is 0 Å². The highest BCUT2D eigenvalue weighted by atomic mass is 35.5. The van der Waals surface area contributed by atoms with Crippen molar-refractivity contribution in [1.82, 2.24) is 4.98 Å². The fourth-order valence-electron chi connectivity index (χ4n) is 2.89. The Morgan fingerprint density at radius 1 is 1.33 bits per heavy atom. The molecule has 0 aliphatic heterocycles. The third-order valence-electron chi connectivity index (χ3n) is 3.62. The number of benzene rings is 1. The first-order valence-corrected chi connectivity index (χ1v) is 6.58. The first-order chi connectivity index (χ1) is 8.58. The molecule has 0 saturated heterocycles. The van der Waals surface area contributed by atoms with E-state index in [-0.39, 0.29) is 5.78 Å². The van der Waals surface area contributed by atoms with Crippen LogP contribution in [0.5, 0.6) is 0 Å². The number of ketones is 1. The molecule has 3 heteroatoms. The van der Waals surface area contributed by atoms with Crippen molar-refractivity contribution < 1.29 is 4.79 Å². The van der Waals surface area contributed by atoms with Gasteiger partial charge in [0.25, 0.3) is 0 Å². The number of carbonyl (C=O) groups excluding carboxylic acids is 1. The Balaban J connectivity index is 2.50. The Morgan fingerprint density at radius 2 is 2.11 bits per heavy atom. The van der Waals surface area contributed by atoms with Crippen molar-refractivity contribution >= 4 is 28.3 Å². The van der Waals surface area contributed by atoms with Crippen molar-refractivity contribution in [2.75, 3.05) is 0 Å². The van der Waals surface area contributed by atoms with Crippen molar-refractivity contribution in [3.63, 3.8) is 0 Å². The van der Waals surface area contributed by atoms with Gasteiger partial charge in [0.1, 0.15) is 0 Å². The zero-order chi connectivity index (χ0) is 12.9. The van der Waals surface area contributed by atoms with E-state index in [1.54, 1.807) is 6.92 Å². The molecule has 1 aromatic carbocycles. The largest absolute Gasteiger partial charge is 0.294 e. The molecular formula is C15H14ClNO. The standard InChI is InChI=1S/C15H14ClNO/c1-8-6-10(16)7-12-14(9(2)18)11-4-3-5-13(11)17-15(8)12/h6-7H,3-5H2,1-2H3. The Bertz CT molecular complexity index is 676. The van der Waals surface area contributed by atoms with Crippen LogP contribution < -0.4 is 0 Å². The highest BCUT2D eigenvalue weighted by Gasteiger charge is 2.22. The minimum atomic E-state index is 0.113. The summed E-state index contributed by atoms with van der Waals surface area (Å²) in [5.41, 5.74) is 5.02. The predicted molar refractivity (Wildman–Crippen MR) is 73.5 cm³/mol. The first kappa shape index (κ1) is 11.7. The molecule has 1 aliphatic carbocycles. The summed E-state index contributed by atoms with van der Waals surface area (Å²) in [6, 6.07) is 3.77.